The number of ketones is 1. The van der Waals surface area contributed by atoms with Gasteiger partial charge in [-0.1, -0.05) is 0 Å². The van der Waals surface area contributed by atoms with E-state index in [4.69, 9.17) is 17.2 Å². The van der Waals surface area contributed by atoms with Gasteiger partial charge in [-0.2, -0.15) is 0 Å². The first-order valence-electron chi connectivity index (χ1n) is 11.3. The lowest BCUT2D eigenvalue weighted by Gasteiger charge is -2.28. The minimum atomic E-state index is -0.665. The molecule has 0 bridgehead atoms. The number of aliphatic imine (C=N–C) groups is 1. The van der Waals surface area contributed by atoms with Gasteiger partial charge in [0.15, 0.2) is 11.7 Å². The zero-order valence-corrected chi connectivity index (χ0v) is 18.8. The Hall–Kier alpha value is -2.94. The molecular weight excluding hydrogens is 408 g/mol. The van der Waals surface area contributed by atoms with Crippen LogP contribution in [0.1, 0.15) is 62.2 Å². The van der Waals surface area contributed by atoms with Crippen molar-refractivity contribution in [3.8, 4) is 0 Å². The van der Waals surface area contributed by atoms with Crippen LogP contribution in [0.4, 0.5) is 5.69 Å². The lowest BCUT2D eigenvalue weighted by Crippen LogP contribution is -2.46. The van der Waals surface area contributed by atoms with Gasteiger partial charge in [0.2, 0.25) is 11.8 Å². The van der Waals surface area contributed by atoms with Crippen molar-refractivity contribution in [2.24, 2.45) is 34.0 Å². The Kier molecular flexibility index (Phi) is 10.1. The van der Waals surface area contributed by atoms with Crippen molar-refractivity contribution in [2.45, 2.75) is 57.9 Å². The summed E-state index contributed by atoms with van der Waals surface area (Å²) < 4.78 is 0. The molecule has 0 spiro atoms. The predicted molar refractivity (Wildman–Crippen MR) is 126 cm³/mol. The number of amides is 2. The van der Waals surface area contributed by atoms with Crippen LogP contribution in [0.15, 0.2) is 29.3 Å². The molecule has 9 nitrogen and oxygen atoms in total. The fourth-order valence-corrected chi connectivity index (χ4v) is 3.90. The summed E-state index contributed by atoms with van der Waals surface area (Å²) in [5.74, 6) is 0.00672. The number of anilines is 1. The topological polar surface area (TPSA) is 166 Å². The van der Waals surface area contributed by atoms with Gasteiger partial charge in [0.1, 0.15) is 6.04 Å². The van der Waals surface area contributed by atoms with E-state index in [1.165, 1.54) is 6.92 Å². The Balaban J connectivity index is 1.98. The van der Waals surface area contributed by atoms with Gasteiger partial charge in [0.25, 0.3) is 0 Å². The number of carbonyl (C=O) groups excluding carboxylic acids is 3. The van der Waals surface area contributed by atoms with Crippen molar-refractivity contribution in [2.75, 3.05) is 18.4 Å². The second-order valence-corrected chi connectivity index (χ2v) is 8.44. The molecule has 0 saturated heterocycles. The van der Waals surface area contributed by atoms with Crippen LogP contribution in [-0.2, 0) is 9.59 Å². The number of nitrogens with zero attached hydrogens (tertiary/aromatic N) is 1. The maximum atomic E-state index is 12.9. The van der Waals surface area contributed by atoms with Crippen LogP contribution in [0.2, 0.25) is 0 Å². The molecule has 0 unspecified atom stereocenters. The third kappa shape index (κ3) is 8.30. The van der Waals surface area contributed by atoms with Crippen LogP contribution < -0.4 is 27.8 Å². The Labute approximate surface area is 189 Å². The average Bonchev–Trinajstić information content (AvgIpc) is 2.78. The fraction of sp³-hybridized carbons (Fsp3) is 0.565. The molecule has 1 aliphatic rings. The minimum absolute atomic E-state index is 0.0367. The molecule has 2 amide bonds. The SMILES string of the molecule is CC(=O)c1ccc(NC(=O)[C@H](CCCCN=C(N)N)NC(=O)C2CCC(CN)CC2)cc1. The Bertz CT molecular complexity index is 796. The molecule has 1 aromatic carbocycles. The molecule has 0 aliphatic heterocycles. The molecule has 0 aromatic heterocycles. The third-order valence-electron chi connectivity index (χ3n) is 5.94. The van der Waals surface area contributed by atoms with Gasteiger partial charge >= 0.3 is 0 Å². The van der Waals surface area contributed by atoms with Crippen LogP contribution in [0.3, 0.4) is 0 Å². The number of rotatable bonds is 11. The molecule has 176 valence electrons. The number of nitrogens with two attached hydrogens (primary N) is 3. The lowest BCUT2D eigenvalue weighted by atomic mass is 9.81. The Morgan fingerprint density at radius 2 is 1.72 bits per heavy atom. The number of hydrogen-bond acceptors (Lipinski definition) is 5. The van der Waals surface area contributed by atoms with Crippen LogP contribution in [0, 0.1) is 11.8 Å². The van der Waals surface area contributed by atoms with Gasteiger partial charge in [-0.25, -0.2) is 0 Å². The summed E-state index contributed by atoms with van der Waals surface area (Å²) >= 11 is 0. The molecule has 0 radical (unpaired) electrons. The molecule has 1 fully saturated rings. The van der Waals surface area contributed by atoms with Crippen molar-refractivity contribution >= 4 is 29.2 Å². The highest BCUT2D eigenvalue weighted by atomic mass is 16.2. The van der Waals surface area contributed by atoms with E-state index >= 15 is 0 Å². The Morgan fingerprint density at radius 3 is 2.28 bits per heavy atom. The summed E-state index contributed by atoms with van der Waals surface area (Å²) in [6, 6.07) is 6.02. The Morgan fingerprint density at radius 1 is 1.06 bits per heavy atom. The van der Waals surface area contributed by atoms with Gasteiger partial charge in [-0.15, -0.1) is 0 Å². The van der Waals surface area contributed by atoms with Crippen molar-refractivity contribution in [1.29, 1.82) is 0 Å². The number of carbonyl (C=O) groups is 3. The van der Waals surface area contributed by atoms with Crippen molar-refractivity contribution < 1.29 is 14.4 Å². The largest absolute Gasteiger partial charge is 0.370 e. The normalized spacial score (nSPS) is 18.9. The zero-order chi connectivity index (χ0) is 23.5. The van der Waals surface area contributed by atoms with Crippen LogP contribution in [-0.4, -0.2) is 42.7 Å². The number of hydrogen-bond donors (Lipinski definition) is 5. The molecule has 1 aromatic rings. The minimum Gasteiger partial charge on any atom is -0.370 e. The summed E-state index contributed by atoms with van der Waals surface area (Å²) in [7, 11) is 0. The number of Topliss-reactive ketones (excluding diaryl/α,β-unsaturated/α-hetero) is 1. The van der Waals surface area contributed by atoms with Gasteiger partial charge < -0.3 is 27.8 Å². The van der Waals surface area contributed by atoms with Gasteiger partial charge in [0.05, 0.1) is 0 Å². The van der Waals surface area contributed by atoms with Crippen LogP contribution >= 0.6 is 0 Å². The van der Waals surface area contributed by atoms with Crippen LogP contribution in [0.25, 0.3) is 0 Å². The van der Waals surface area contributed by atoms with Crippen molar-refractivity contribution in [1.82, 2.24) is 5.32 Å². The fourth-order valence-electron chi connectivity index (χ4n) is 3.90. The van der Waals surface area contributed by atoms with E-state index in [-0.39, 0.29) is 29.5 Å². The van der Waals surface area contributed by atoms with Gasteiger partial charge in [-0.3, -0.25) is 19.4 Å². The second kappa shape index (κ2) is 12.8. The average molecular weight is 445 g/mol. The molecule has 1 aliphatic carbocycles. The molecule has 32 heavy (non-hydrogen) atoms. The monoisotopic (exact) mass is 444 g/mol. The standard InChI is InChI=1S/C23H36N6O3/c1-15(30)17-9-11-19(12-10-17)28-22(32)20(4-2-3-13-27-23(25)26)29-21(31)18-7-5-16(14-24)6-8-18/h9-12,16,18,20H,2-8,13-14,24H2,1H3,(H,28,32)(H,29,31)(H4,25,26,27)/t16?,18?,20-/m0/s1. The summed E-state index contributed by atoms with van der Waals surface area (Å²) in [5.41, 5.74) is 17.6. The molecular formula is C23H36N6O3. The lowest BCUT2D eigenvalue weighted by molar-refractivity contribution is -0.130. The summed E-state index contributed by atoms with van der Waals surface area (Å²) in [4.78, 5) is 41.2. The highest BCUT2D eigenvalue weighted by molar-refractivity contribution is 5.98. The van der Waals surface area contributed by atoms with E-state index in [1.54, 1.807) is 24.3 Å². The zero-order valence-electron chi connectivity index (χ0n) is 18.8. The highest BCUT2D eigenvalue weighted by Gasteiger charge is 2.29. The molecule has 1 saturated carbocycles. The first-order chi connectivity index (χ1) is 15.3. The first-order valence-corrected chi connectivity index (χ1v) is 11.3. The van der Waals surface area contributed by atoms with E-state index in [1.807, 2.05) is 0 Å². The van der Waals surface area contributed by atoms with E-state index in [9.17, 15) is 14.4 Å². The van der Waals surface area contributed by atoms with Gasteiger partial charge in [0, 0.05) is 23.7 Å². The number of nitrogens with one attached hydrogen (secondary N) is 2. The summed E-state index contributed by atoms with van der Waals surface area (Å²) in [6.07, 6.45) is 5.31. The van der Waals surface area contributed by atoms with Crippen molar-refractivity contribution in [3.63, 3.8) is 0 Å². The number of unbranched alkanes of at least 4 members (excludes halogenated alkanes) is 1. The second-order valence-electron chi connectivity index (χ2n) is 8.44. The molecule has 9 heteroatoms. The molecule has 0 heterocycles. The van der Waals surface area contributed by atoms with E-state index in [0.29, 0.717) is 49.5 Å². The first kappa shape index (κ1) is 25.3. The maximum Gasteiger partial charge on any atom is 0.246 e. The van der Waals surface area contributed by atoms with E-state index < -0.39 is 6.04 Å². The number of guanidine groups is 1. The maximum absolute atomic E-state index is 12.9. The summed E-state index contributed by atoms with van der Waals surface area (Å²) in [6.45, 7) is 2.61. The third-order valence-corrected chi connectivity index (χ3v) is 5.94. The molecule has 1 atom stereocenters. The summed E-state index contributed by atoms with van der Waals surface area (Å²) in [5, 5.41) is 5.79. The predicted octanol–water partition coefficient (Wildman–Crippen LogP) is 1.52. The van der Waals surface area contributed by atoms with Gasteiger partial charge in [-0.05, 0) is 88.6 Å². The molecule has 8 N–H and O–H groups in total. The smallest absolute Gasteiger partial charge is 0.246 e. The number of benzene rings is 1. The van der Waals surface area contributed by atoms with E-state index in [0.717, 1.165) is 25.7 Å². The van der Waals surface area contributed by atoms with E-state index in [2.05, 4.69) is 15.6 Å². The quantitative estimate of drug-likeness (QED) is 0.150. The van der Waals surface area contributed by atoms with Crippen LogP contribution in [0.5, 0.6) is 0 Å². The van der Waals surface area contributed by atoms with Crippen molar-refractivity contribution in [3.05, 3.63) is 29.8 Å². The highest BCUT2D eigenvalue weighted by Crippen LogP contribution is 2.28. The molecule has 2 rings (SSSR count).